The molecule has 2 rings (SSSR count). The number of ether oxygens (including phenoxy) is 1. The van der Waals surface area contributed by atoms with Crippen molar-refractivity contribution in [2.24, 2.45) is 0 Å². The summed E-state index contributed by atoms with van der Waals surface area (Å²) in [5, 5.41) is 0. The summed E-state index contributed by atoms with van der Waals surface area (Å²) in [7, 11) is -0.111. The molecule has 1 aromatic heterocycles. The summed E-state index contributed by atoms with van der Waals surface area (Å²) in [6, 6.07) is 1.92. The van der Waals surface area contributed by atoms with Crippen molar-refractivity contribution in [3.63, 3.8) is 0 Å². The van der Waals surface area contributed by atoms with Gasteiger partial charge in [-0.15, -0.1) is 0 Å². The molecule has 1 fully saturated rings. The lowest BCUT2D eigenvalue weighted by Gasteiger charge is -2.32. The van der Waals surface area contributed by atoms with Crippen LogP contribution in [0.15, 0.2) is 12.3 Å². The van der Waals surface area contributed by atoms with Crippen LogP contribution < -0.4 is 10.2 Å². The summed E-state index contributed by atoms with van der Waals surface area (Å²) >= 11 is 0. The van der Waals surface area contributed by atoms with Crippen molar-refractivity contribution in [1.82, 2.24) is 9.29 Å². The molecule has 0 amide bonds. The Bertz CT molecular complexity index is 717. The van der Waals surface area contributed by atoms with Crippen molar-refractivity contribution in [2.75, 3.05) is 13.7 Å². The fraction of sp³-hybridized carbons (Fsp3) is 0.750. The third kappa shape index (κ3) is 4.45. The summed E-state index contributed by atoms with van der Waals surface area (Å²) in [5.74, 6) is 0.481. The van der Waals surface area contributed by atoms with E-state index in [2.05, 4.69) is 4.98 Å². The zero-order valence-corrected chi connectivity index (χ0v) is 19.8. The van der Waals surface area contributed by atoms with Crippen LogP contribution in [0.3, 0.4) is 0 Å². The molecule has 0 N–H and O–H groups in total. The summed E-state index contributed by atoms with van der Waals surface area (Å²) in [6.07, 6.45) is 1.78. The van der Waals surface area contributed by atoms with Crippen molar-refractivity contribution in [3.8, 4) is 5.88 Å². The first-order valence-corrected chi connectivity index (χ1v) is 10.9. The molecule has 8 heteroatoms. The molecule has 0 saturated carbocycles. The van der Waals surface area contributed by atoms with Gasteiger partial charge in [0, 0.05) is 24.2 Å². The van der Waals surface area contributed by atoms with Crippen LogP contribution in [0.2, 0.25) is 0 Å². The van der Waals surface area contributed by atoms with Gasteiger partial charge in [0.2, 0.25) is 5.88 Å². The van der Waals surface area contributed by atoms with Gasteiger partial charge in [-0.25, -0.2) is 13.5 Å². The first-order valence-electron chi connectivity index (χ1n) is 9.83. The van der Waals surface area contributed by atoms with E-state index in [1.54, 1.807) is 13.3 Å². The third-order valence-electron chi connectivity index (χ3n) is 5.56. The molecule has 0 aliphatic carbocycles. The number of rotatable bonds is 6. The number of aromatic nitrogens is 1. The molecule has 0 spiro atoms. The molecular weight excluding hydrogens is 375 g/mol. The number of methoxy groups -OCH3 is 1. The van der Waals surface area contributed by atoms with E-state index in [4.69, 9.17) is 14.0 Å². The first-order chi connectivity index (χ1) is 12.7. The second-order valence-electron chi connectivity index (χ2n) is 9.23. The van der Waals surface area contributed by atoms with E-state index in [0.29, 0.717) is 12.4 Å². The summed E-state index contributed by atoms with van der Waals surface area (Å²) < 4.78 is 32.5. The van der Waals surface area contributed by atoms with Crippen molar-refractivity contribution >= 4 is 23.6 Å². The Morgan fingerprint density at radius 1 is 1.25 bits per heavy atom. The minimum absolute atomic E-state index is 0.0790. The highest BCUT2D eigenvalue weighted by Crippen LogP contribution is 2.37. The number of pyridine rings is 1. The van der Waals surface area contributed by atoms with E-state index < -0.39 is 29.3 Å². The van der Waals surface area contributed by atoms with Crippen LogP contribution in [-0.4, -0.2) is 50.2 Å². The average Bonchev–Trinajstić information content (AvgIpc) is 2.81. The van der Waals surface area contributed by atoms with E-state index in [1.165, 1.54) is 0 Å². The predicted octanol–water partition coefficient (Wildman–Crippen LogP) is 3.23. The number of hydrogen-bond donors (Lipinski definition) is 0. The van der Waals surface area contributed by atoms with Crippen LogP contribution in [0.25, 0.3) is 0 Å². The molecule has 0 unspecified atom stereocenters. The van der Waals surface area contributed by atoms with Gasteiger partial charge < -0.3 is 14.0 Å². The molecule has 0 radical (unpaired) electrons. The zero-order chi connectivity index (χ0) is 21.5. The van der Waals surface area contributed by atoms with Gasteiger partial charge in [-0.05, 0) is 61.0 Å². The highest BCUT2D eigenvalue weighted by Gasteiger charge is 2.52. The Morgan fingerprint density at radius 2 is 1.79 bits per heavy atom. The quantitative estimate of drug-likeness (QED) is 0.674. The van der Waals surface area contributed by atoms with Gasteiger partial charge in [-0.3, -0.25) is 0 Å². The van der Waals surface area contributed by atoms with Crippen LogP contribution in [0.1, 0.15) is 73.9 Å². The molecule has 2 heterocycles. The molecule has 0 aromatic carbocycles. The fourth-order valence-corrected chi connectivity index (χ4v) is 4.42. The van der Waals surface area contributed by atoms with Gasteiger partial charge in [0.1, 0.15) is 11.0 Å². The van der Waals surface area contributed by atoms with E-state index >= 15 is 0 Å². The van der Waals surface area contributed by atoms with Crippen molar-refractivity contribution in [3.05, 3.63) is 17.8 Å². The van der Waals surface area contributed by atoms with Gasteiger partial charge in [0.05, 0.1) is 23.1 Å². The van der Waals surface area contributed by atoms with E-state index in [-0.39, 0.29) is 10.8 Å². The molecule has 1 aliphatic rings. The zero-order valence-electron chi connectivity index (χ0n) is 19.0. The van der Waals surface area contributed by atoms with Crippen LogP contribution in [0, 0.1) is 0 Å². The SMILES string of the molecule is CCN([C@H](C)c1cnc(OC)c(B2OC(C)(C)C(C)(C)O2)c1)[S@@](=O)C(C)(C)C. The van der Waals surface area contributed by atoms with Gasteiger partial charge >= 0.3 is 7.12 Å². The molecule has 6 nitrogen and oxygen atoms in total. The van der Waals surface area contributed by atoms with E-state index in [9.17, 15) is 4.21 Å². The Kier molecular flexibility index (Phi) is 6.71. The van der Waals surface area contributed by atoms with E-state index in [0.717, 1.165) is 11.0 Å². The molecule has 2 atom stereocenters. The average molecular weight is 410 g/mol. The summed E-state index contributed by atoms with van der Waals surface area (Å²) in [4.78, 5) is 4.49. The second-order valence-corrected chi connectivity index (χ2v) is 11.4. The lowest BCUT2D eigenvalue weighted by Crippen LogP contribution is -2.41. The van der Waals surface area contributed by atoms with Crippen LogP contribution in [0.5, 0.6) is 5.88 Å². The van der Waals surface area contributed by atoms with E-state index in [1.807, 2.05) is 72.7 Å². The fourth-order valence-electron chi connectivity index (χ4n) is 3.08. The topological polar surface area (TPSA) is 60.9 Å². The lowest BCUT2D eigenvalue weighted by molar-refractivity contribution is 0.00578. The van der Waals surface area contributed by atoms with Gasteiger partial charge in [-0.2, -0.15) is 0 Å². The third-order valence-corrected chi connectivity index (χ3v) is 7.61. The molecule has 1 aromatic rings. The van der Waals surface area contributed by atoms with Gasteiger partial charge in [0.25, 0.3) is 0 Å². The van der Waals surface area contributed by atoms with Crippen molar-refractivity contribution < 1.29 is 18.3 Å². The molecule has 1 saturated heterocycles. The van der Waals surface area contributed by atoms with Gasteiger partial charge in [-0.1, -0.05) is 13.0 Å². The van der Waals surface area contributed by atoms with Crippen LogP contribution >= 0.6 is 0 Å². The maximum absolute atomic E-state index is 13.0. The maximum Gasteiger partial charge on any atom is 0.500 e. The Morgan fingerprint density at radius 3 is 2.21 bits per heavy atom. The van der Waals surface area contributed by atoms with Gasteiger partial charge in [0.15, 0.2) is 0 Å². The lowest BCUT2D eigenvalue weighted by atomic mass is 9.78. The van der Waals surface area contributed by atoms with Crippen LogP contribution in [0.4, 0.5) is 0 Å². The minimum Gasteiger partial charge on any atom is -0.481 e. The monoisotopic (exact) mass is 410 g/mol. The Balaban J connectivity index is 2.41. The summed E-state index contributed by atoms with van der Waals surface area (Å²) in [6.45, 7) is 18.8. The first kappa shape index (κ1) is 23.3. The highest BCUT2D eigenvalue weighted by molar-refractivity contribution is 7.84. The van der Waals surface area contributed by atoms with Crippen molar-refractivity contribution in [1.29, 1.82) is 0 Å². The summed E-state index contributed by atoms with van der Waals surface area (Å²) in [5.41, 5.74) is 0.800. The number of nitrogens with zero attached hydrogens (tertiary/aromatic N) is 2. The molecule has 1 aliphatic heterocycles. The molecule has 0 bridgehead atoms. The molecular formula is C20H35BN2O4S. The predicted molar refractivity (Wildman–Crippen MR) is 115 cm³/mol. The van der Waals surface area contributed by atoms with Crippen molar-refractivity contribution in [2.45, 2.75) is 84.3 Å². The molecule has 158 valence electrons. The maximum atomic E-state index is 13.0. The molecule has 28 heavy (non-hydrogen) atoms. The normalized spacial score (nSPS) is 21.0. The second kappa shape index (κ2) is 8.05. The minimum atomic E-state index is -1.13. The smallest absolute Gasteiger partial charge is 0.481 e. The Hall–Kier alpha value is -0.955. The standard InChI is InChI=1S/C20H35BN2O4S/c1-11-23(28(24)18(3,4)5)14(2)15-12-16(17(25-10)22-13-15)21-26-19(6,7)20(8,9)27-21/h12-14H,11H2,1-10H3/t14-,28+/m1/s1. The number of hydrogen-bond acceptors (Lipinski definition) is 5. The Labute approximate surface area is 173 Å². The largest absolute Gasteiger partial charge is 0.500 e. The highest BCUT2D eigenvalue weighted by atomic mass is 32.2. The van der Waals surface area contributed by atoms with Crippen LogP contribution in [-0.2, 0) is 20.3 Å².